The summed E-state index contributed by atoms with van der Waals surface area (Å²) in [7, 11) is 6.35. The number of methoxy groups -OCH3 is 1. The summed E-state index contributed by atoms with van der Waals surface area (Å²) in [5.41, 5.74) is -0.608. The van der Waals surface area contributed by atoms with Gasteiger partial charge in [0.15, 0.2) is 14.0 Å². The molecule has 0 spiro atoms. The second-order valence-electron chi connectivity index (χ2n) is 5.46. The first-order chi connectivity index (χ1) is 11.8. The molecule has 9 heteroatoms. The molecule has 2 radical (unpaired) electrons. The topological polar surface area (TPSA) is 105 Å². The summed E-state index contributed by atoms with van der Waals surface area (Å²) in [6.07, 6.45) is 0.734. The van der Waals surface area contributed by atoms with E-state index in [0.717, 1.165) is 12.8 Å². The largest absolute Gasteiger partial charge is 0.508 e. The quantitative estimate of drug-likeness (QED) is 0.261. The molecule has 0 aliphatic heterocycles. The molecule has 0 N–H and O–H groups in total. The highest BCUT2D eigenvalue weighted by Gasteiger charge is 2.17. The van der Waals surface area contributed by atoms with Crippen molar-refractivity contribution in [1.82, 2.24) is 0 Å². The third-order valence-corrected chi connectivity index (χ3v) is 3.01. The van der Waals surface area contributed by atoms with Gasteiger partial charge in [0.25, 0.3) is 0 Å². The highest BCUT2D eigenvalue weighted by atomic mass is 16.7. The van der Waals surface area contributed by atoms with Crippen LogP contribution in [0.15, 0.2) is 0 Å². The maximum Gasteiger partial charge on any atom is 0.508 e. The number of ether oxygens (including phenoxy) is 4. The Labute approximate surface area is 148 Å². The standard InChI is InChI=1S/C16H25BO8/c1-12(18)6-4-3-5-9-23-16(21)24-11-13(10-22-2)25-15(20)8-7-14(17)19/h13H,3-11H2,1-2H3. The Bertz CT molecular complexity index is 438. The molecular formula is C16H25BO8. The molecule has 0 aliphatic rings. The molecule has 1 atom stereocenters. The van der Waals surface area contributed by atoms with Crippen LogP contribution in [0.4, 0.5) is 4.79 Å². The van der Waals surface area contributed by atoms with Crippen molar-refractivity contribution in [3.8, 4) is 0 Å². The first-order valence-electron chi connectivity index (χ1n) is 8.10. The maximum atomic E-state index is 11.5. The minimum Gasteiger partial charge on any atom is -0.456 e. The van der Waals surface area contributed by atoms with Crippen LogP contribution in [0, 0.1) is 0 Å². The number of rotatable bonds is 14. The maximum absolute atomic E-state index is 11.5. The van der Waals surface area contributed by atoms with E-state index in [1.807, 2.05) is 0 Å². The molecule has 8 nitrogen and oxygen atoms in total. The second-order valence-corrected chi connectivity index (χ2v) is 5.46. The molecule has 0 aliphatic carbocycles. The average Bonchev–Trinajstić information content (AvgIpc) is 2.53. The van der Waals surface area contributed by atoms with E-state index in [4.69, 9.17) is 26.8 Å². The van der Waals surface area contributed by atoms with Crippen LogP contribution in [0.1, 0.15) is 45.4 Å². The van der Waals surface area contributed by atoms with Crippen molar-refractivity contribution in [2.24, 2.45) is 0 Å². The van der Waals surface area contributed by atoms with Crippen LogP contribution in [-0.4, -0.2) is 64.5 Å². The van der Waals surface area contributed by atoms with Gasteiger partial charge in [-0.15, -0.1) is 0 Å². The summed E-state index contributed by atoms with van der Waals surface area (Å²) in [5, 5.41) is 0. The zero-order valence-corrected chi connectivity index (χ0v) is 14.8. The minimum absolute atomic E-state index is 0.0284. The van der Waals surface area contributed by atoms with Gasteiger partial charge in [0.05, 0.1) is 25.3 Å². The number of carbonyl (C=O) groups is 4. The lowest BCUT2D eigenvalue weighted by atomic mass is 9.98. The van der Waals surface area contributed by atoms with Crippen LogP contribution >= 0.6 is 0 Å². The summed E-state index contributed by atoms with van der Waals surface area (Å²) in [4.78, 5) is 44.3. The van der Waals surface area contributed by atoms with E-state index in [1.165, 1.54) is 14.0 Å². The molecule has 0 bridgehead atoms. The van der Waals surface area contributed by atoms with Crippen molar-refractivity contribution >= 4 is 31.4 Å². The number of Topliss-reactive ketones (excluding diaryl/α,β-unsaturated/α-hetero) is 1. The predicted molar refractivity (Wildman–Crippen MR) is 88.2 cm³/mol. The number of hydrogen-bond acceptors (Lipinski definition) is 8. The van der Waals surface area contributed by atoms with Gasteiger partial charge in [-0.2, -0.15) is 0 Å². The molecule has 0 saturated heterocycles. The fourth-order valence-corrected chi connectivity index (χ4v) is 1.78. The summed E-state index contributed by atoms with van der Waals surface area (Å²) in [6, 6.07) is 0. The Morgan fingerprint density at radius 3 is 2.24 bits per heavy atom. The van der Waals surface area contributed by atoms with Crippen LogP contribution < -0.4 is 0 Å². The van der Waals surface area contributed by atoms with Gasteiger partial charge >= 0.3 is 12.1 Å². The third-order valence-electron chi connectivity index (χ3n) is 3.01. The van der Waals surface area contributed by atoms with E-state index >= 15 is 0 Å². The first-order valence-corrected chi connectivity index (χ1v) is 8.10. The van der Waals surface area contributed by atoms with Crippen LogP contribution in [0.3, 0.4) is 0 Å². The predicted octanol–water partition coefficient (Wildman–Crippen LogP) is 1.32. The van der Waals surface area contributed by atoms with Gasteiger partial charge < -0.3 is 28.5 Å². The van der Waals surface area contributed by atoms with Gasteiger partial charge in [-0.1, -0.05) is 0 Å². The molecule has 0 aromatic heterocycles. The molecule has 0 saturated carbocycles. The van der Waals surface area contributed by atoms with Gasteiger partial charge in [-0.05, 0) is 26.2 Å². The third kappa shape index (κ3) is 15.4. The number of hydrogen-bond donors (Lipinski definition) is 0. The van der Waals surface area contributed by atoms with Gasteiger partial charge in [0.1, 0.15) is 12.4 Å². The van der Waals surface area contributed by atoms with E-state index in [2.05, 4.69) is 0 Å². The zero-order valence-electron chi connectivity index (χ0n) is 14.8. The zero-order chi connectivity index (χ0) is 19.1. The van der Waals surface area contributed by atoms with E-state index < -0.39 is 23.9 Å². The molecule has 0 rings (SSSR count). The lowest BCUT2D eigenvalue weighted by molar-refractivity contribution is -0.155. The van der Waals surface area contributed by atoms with Crippen molar-refractivity contribution in [1.29, 1.82) is 0 Å². The summed E-state index contributed by atoms with van der Waals surface area (Å²) < 4.78 is 19.7. The lowest BCUT2D eigenvalue weighted by Crippen LogP contribution is -2.29. The lowest BCUT2D eigenvalue weighted by Gasteiger charge is -2.17. The molecule has 140 valence electrons. The van der Waals surface area contributed by atoms with E-state index in [1.54, 1.807) is 0 Å². The van der Waals surface area contributed by atoms with Crippen molar-refractivity contribution in [3.63, 3.8) is 0 Å². The molecule has 0 heterocycles. The first kappa shape index (κ1) is 23.1. The van der Waals surface area contributed by atoms with Gasteiger partial charge in [-0.25, -0.2) is 4.79 Å². The van der Waals surface area contributed by atoms with E-state index in [0.29, 0.717) is 12.8 Å². The summed E-state index contributed by atoms with van der Waals surface area (Å²) in [6.45, 7) is 1.52. The van der Waals surface area contributed by atoms with Crippen LogP contribution in [0.2, 0.25) is 0 Å². The Morgan fingerprint density at radius 1 is 0.920 bits per heavy atom. The van der Waals surface area contributed by atoms with E-state index in [-0.39, 0.29) is 38.4 Å². The monoisotopic (exact) mass is 356 g/mol. The Kier molecular flexibility index (Phi) is 13.4. The average molecular weight is 356 g/mol. The van der Waals surface area contributed by atoms with Crippen molar-refractivity contribution in [2.45, 2.75) is 51.6 Å². The number of unbranched alkanes of at least 4 members (excludes halogenated alkanes) is 2. The van der Waals surface area contributed by atoms with Crippen LogP contribution in [-0.2, 0) is 33.3 Å². The van der Waals surface area contributed by atoms with Gasteiger partial charge in [0.2, 0.25) is 0 Å². The number of ketones is 1. The van der Waals surface area contributed by atoms with Crippen LogP contribution in [0.5, 0.6) is 0 Å². The molecule has 0 aromatic carbocycles. The summed E-state index contributed by atoms with van der Waals surface area (Å²) >= 11 is 0. The normalized spacial score (nSPS) is 11.4. The fourth-order valence-electron chi connectivity index (χ4n) is 1.78. The smallest absolute Gasteiger partial charge is 0.456 e. The fraction of sp³-hybridized carbons (Fsp3) is 0.750. The molecule has 0 fully saturated rings. The second kappa shape index (κ2) is 14.4. The molecule has 25 heavy (non-hydrogen) atoms. The van der Waals surface area contributed by atoms with Crippen molar-refractivity contribution in [3.05, 3.63) is 0 Å². The Hall–Kier alpha value is -1.90. The van der Waals surface area contributed by atoms with Crippen LogP contribution in [0.25, 0.3) is 0 Å². The minimum atomic E-state index is -0.874. The Morgan fingerprint density at radius 2 is 1.64 bits per heavy atom. The molecule has 0 aromatic rings. The van der Waals surface area contributed by atoms with Crippen molar-refractivity contribution < 1.29 is 38.1 Å². The van der Waals surface area contributed by atoms with E-state index in [9.17, 15) is 19.2 Å². The van der Waals surface area contributed by atoms with Crippen molar-refractivity contribution in [2.75, 3.05) is 26.9 Å². The number of carbonyl (C=O) groups excluding carboxylic acids is 4. The van der Waals surface area contributed by atoms with Gasteiger partial charge in [0, 0.05) is 20.0 Å². The molecular weight excluding hydrogens is 331 g/mol. The summed E-state index contributed by atoms with van der Waals surface area (Å²) in [5.74, 6) is -0.502. The van der Waals surface area contributed by atoms with Gasteiger partial charge in [-0.3, -0.25) is 4.79 Å². The Balaban J connectivity index is 3.92. The molecule has 1 unspecified atom stereocenters. The highest BCUT2D eigenvalue weighted by Crippen LogP contribution is 2.03. The SMILES string of the molecule is [B]C(=O)CCC(=O)OC(COC)COC(=O)OCCCCCC(C)=O. The highest BCUT2D eigenvalue weighted by molar-refractivity contribution is 6.57. The number of esters is 1. The molecule has 0 amide bonds.